The summed E-state index contributed by atoms with van der Waals surface area (Å²) in [5.74, 6) is -0.780. The number of H-pyrrole nitrogens is 2. The molecule has 0 amide bonds. The third-order valence-corrected chi connectivity index (χ3v) is 5.34. The van der Waals surface area contributed by atoms with E-state index in [2.05, 4.69) is 29.9 Å². The number of aromatic amines is 2. The Morgan fingerprint density at radius 2 is 1.21 bits per heavy atom. The summed E-state index contributed by atoms with van der Waals surface area (Å²) in [6, 6.07) is 0. The molecule has 0 radical (unpaired) electrons. The first-order chi connectivity index (χ1) is 20.3. The van der Waals surface area contributed by atoms with Gasteiger partial charge in [-0.15, -0.1) is 0 Å². The van der Waals surface area contributed by atoms with Crippen molar-refractivity contribution in [2.75, 3.05) is 58.6 Å². The molecule has 226 valence electrons. The van der Waals surface area contributed by atoms with Crippen molar-refractivity contribution in [1.82, 2.24) is 39.0 Å². The summed E-state index contributed by atoms with van der Waals surface area (Å²) in [5, 5.41) is 0. The minimum absolute atomic E-state index is 0.00182. The second-order valence-electron chi connectivity index (χ2n) is 8.50. The first-order valence-electron chi connectivity index (χ1n) is 12.6. The molecule has 4 aromatic rings. The SMILES string of the molecule is Cc1nc2c(ncn2COCCOC(=O)COCCOCC(=O)OCCOCn2cnc3c(=O)[nH]c(N)nc32)c(=O)[nH]1. The number of nitrogens with two attached hydrogens (primary N) is 1. The van der Waals surface area contributed by atoms with E-state index in [0.717, 1.165) is 0 Å². The van der Waals surface area contributed by atoms with Gasteiger partial charge in [-0.2, -0.15) is 4.98 Å². The highest BCUT2D eigenvalue weighted by molar-refractivity contribution is 5.71. The Morgan fingerprint density at radius 1 is 0.738 bits per heavy atom. The summed E-state index contributed by atoms with van der Waals surface area (Å²) in [6.45, 7) is 1.44. The first kappa shape index (κ1) is 30.2. The number of carbonyl (C=O) groups is 2. The highest BCUT2D eigenvalue weighted by Crippen LogP contribution is 2.07. The standard InChI is InChI=1S/C23H29N9O10/c1-14-27-19-17(21(35)28-14)25-10-31(19)12-39-4-6-41-15(33)8-37-2-3-38-9-16(34)42-7-5-40-13-32-11-26-18-20(32)29-23(24)30-22(18)36/h10-11H,2-9,12-13H2,1H3,(H,27,28,35)(H3,24,29,30,36). The number of rotatable bonds is 17. The molecule has 42 heavy (non-hydrogen) atoms. The van der Waals surface area contributed by atoms with Gasteiger partial charge in [0, 0.05) is 0 Å². The van der Waals surface area contributed by atoms with E-state index in [1.807, 2.05) is 0 Å². The van der Waals surface area contributed by atoms with Crippen molar-refractivity contribution < 1.29 is 38.0 Å². The van der Waals surface area contributed by atoms with Gasteiger partial charge >= 0.3 is 11.9 Å². The molecule has 4 rings (SSSR count). The Labute approximate surface area is 235 Å². The van der Waals surface area contributed by atoms with Gasteiger partial charge in [-0.05, 0) is 6.92 Å². The van der Waals surface area contributed by atoms with Gasteiger partial charge in [-0.3, -0.25) is 23.7 Å². The smallest absolute Gasteiger partial charge is 0.332 e. The molecule has 0 aliphatic heterocycles. The number of aryl methyl sites for hydroxylation is 1. The maximum atomic E-state index is 11.8. The Kier molecular flexibility index (Phi) is 10.6. The van der Waals surface area contributed by atoms with Crippen LogP contribution in [0.4, 0.5) is 5.95 Å². The number of esters is 2. The fraction of sp³-hybridized carbons (Fsp3) is 0.478. The van der Waals surface area contributed by atoms with Crippen LogP contribution in [0.2, 0.25) is 0 Å². The van der Waals surface area contributed by atoms with Crippen LogP contribution in [-0.4, -0.2) is 104 Å². The van der Waals surface area contributed by atoms with Gasteiger partial charge in [-0.1, -0.05) is 0 Å². The lowest BCUT2D eigenvalue weighted by Gasteiger charge is -2.09. The second-order valence-corrected chi connectivity index (χ2v) is 8.50. The second kappa shape index (κ2) is 14.8. The Balaban J connectivity index is 0.972. The lowest BCUT2D eigenvalue weighted by Crippen LogP contribution is -2.20. The molecule has 0 bridgehead atoms. The number of hydrogen-bond donors (Lipinski definition) is 3. The van der Waals surface area contributed by atoms with Crippen molar-refractivity contribution in [3.8, 4) is 0 Å². The molecule has 4 heterocycles. The molecule has 19 nitrogen and oxygen atoms in total. The molecule has 0 unspecified atom stereocenters. The largest absolute Gasteiger partial charge is 0.462 e. The van der Waals surface area contributed by atoms with E-state index in [1.165, 1.54) is 17.2 Å². The zero-order valence-electron chi connectivity index (χ0n) is 22.6. The van der Waals surface area contributed by atoms with Gasteiger partial charge in [0.2, 0.25) is 5.95 Å². The van der Waals surface area contributed by atoms with Crippen LogP contribution in [0.25, 0.3) is 22.3 Å². The predicted octanol–water partition coefficient (Wildman–Crippen LogP) is -1.79. The summed E-state index contributed by atoms with van der Waals surface area (Å²) in [5.41, 5.74) is 5.76. The van der Waals surface area contributed by atoms with Crippen LogP contribution in [0.1, 0.15) is 5.82 Å². The number of anilines is 1. The third kappa shape index (κ3) is 8.39. The Bertz CT molecular complexity index is 1510. The molecule has 0 saturated carbocycles. The molecule has 0 fully saturated rings. The Morgan fingerprint density at radius 3 is 1.76 bits per heavy atom. The molecule has 0 saturated heterocycles. The molecule has 0 aliphatic carbocycles. The highest BCUT2D eigenvalue weighted by atomic mass is 16.6. The van der Waals surface area contributed by atoms with E-state index in [9.17, 15) is 19.2 Å². The van der Waals surface area contributed by atoms with Crippen LogP contribution in [0.15, 0.2) is 22.2 Å². The normalized spacial score (nSPS) is 11.4. The van der Waals surface area contributed by atoms with Crippen molar-refractivity contribution >= 4 is 40.2 Å². The van der Waals surface area contributed by atoms with Gasteiger partial charge in [0.25, 0.3) is 11.1 Å². The molecule has 0 aromatic carbocycles. The fourth-order valence-corrected chi connectivity index (χ4v) is 3.49. The quantitative estimate of drug-likeness (QED) is 0.0907. The van der Waals surface area contributed by atoms with E-state index in [-0.39, 0.29) is 94.5 Å². The lowest BCUT2D eigenvalue weighted by atomic mass is 10.5. The van der Waals surface area contributed by atoms with Crippen molar-refractivity contribution in [2.45, 2.75) is 20.4 Å². The number of carbonyl (C=O) groups excluding carboxylic acids is 2. The maximum Gasteiger partial charge on any atom is 0.332 e. The van der Waals surface area contributed by atoms with Gasteiger partial charge < -0.3 is 39.1 Å². The van der Waals surface area contributed by atoms with Gasteiger partial charge in [0.05, 0.1) is 39.1 Å². The first-order valence-corrected chi connectivity index (χ1v) is 12.6. The molecule has 0 aliphatic rings. The summed E-state index contributed by atoms with van der Waals surface area (Å²) in [4.78, 5) is 68.2. The van der Waals surface area contributed by atoms with E-state index in [0.29, 0.717) is 11.5 Å². The Hall–Kier alpha value is -4.72. The van der Waals surface area contributed by atoms with E-state index in [1.54, 1.807) is 11.5 Å². The van der Waals surface area contributed by atoms with E-state index >= 15 is 0 Å². The van der Waals surface area contributed by atoms with Crippen molar-refractivity contribution in [3.63, 3.8) is 0 Å². The molecule has 4 N–H and O–H groups in total. The summed E-state index contributed by atoms with van der Waals surface area (Å²) in [7, 11) is 0. The molecule has 0 spiro atoms. The predicted molar refractivity (Wildman–Crippen MR) is 141 cm³/mol. The summed E-state index contributed by atoms with van der Waals surface area (Å²) in [6.07, 6.45) is 2.83. The van der Waals surface area contributed by atoms with Gasteiger partial charge in [0.1, 0.15) is 45.7 Å². The number of nitrogens with zero attached hydrogens (tertiary/aromatic N) is 6. The van der Waals surface area contributed by atoms with Crippen molar-refractivity contribution in [2.24, 2.45) is 0 Å². The maximum absolute atomic E-state index is 11.8. The third-order valence-electron chi connectivity index (χ3n) is 5.34. The minimum atomic E-state index is -0.603. The summed E-state index contributed by atoms with van der Waals surface area (Å²) < 4.78 is 34.2. The molecular weight excluding hydrogens is 562 g/mol. The minimum Gasteiger partial charge on any atom is -0.462 e. The number of nitrogens with one attached hydrogen (secondary N) is 2. The van der Waals surface area contributed by atoms with Crippen molar-refractivity contribution in [3.05, 3.63) is 39.2 Å². The van der Waals surface area contributed by atoms with E-state index in [4.69, 9.17) is 34.2 Å². The number of ether oxygens (including phenoxy) is 6. The van der Waals surface area contributed by atoms with Crippen LogP contribution >= 0.6 is 0 Å². The number of imidazole rings is 2. The highest BCUT2D eigenvalue weighted by Gasteiger charge is 2.11. The van der Waals surface area contributed by atoms with Gasteiger partial charge in [-0.25, -0.2) is 24.5 Å². The lowest BCUT2D eigenvalue weighted by molar-refractivity contribution is -0.154. The molecule has 0 atom stereocenters. The summed E-state index contributed by atoms with van der Waals surface area (Å²) >= 11 is 0. The fourth-order valence-electron chi connectivity index (χ4n) is 3.49. The zero-order valence-corrected chi connectivity index (χ0v) is 22.6. The topological polar surface area (TPSA) is 243 Å². The molecule has 4 aromatic heterocycles. The van der Waals surface area contributed by atoms with E-state index < -0.39 is 17.5 Å². The molecular formula is C23H29N9O10. The average Bonchev–Trinajstić information content (AvgIpc) is 3.54. The monoisotopic (exact) mass is 591 g/mol. The number of hydrogen-bond acceptors (Lipinski definition) is 15. The van der Waals surface area contributed by atoms with Crippen LogP contribution < -0.4 is 16.9 Å². The number of fused-ring (bicyclic) bond motifs is 2. The number of nitrogen functional groups attached to an aromatic ring is 1. The van der Waals surface area contributed by atoms with Gasteiger partial charge in [0.15, 0.2) is 22.3 Å². The van der Waals surface area contributed by atoms with Crippen LogP contribution in [0.5, 0.6) is 0 Å². The molecule has 19 heteroatoms. The van der Waals surface area contributed by atoms with Crippen molar-refractivity contribution in [1.29, 1.82) is 0 Å². The van der Waals surface area contributed by atoms with Crippen LogP contribution in [0, 0.1) is 6.92 Å². The number of aromatic nitrogens is 8. The zero-order chi connectivity index (χ0) is 29.9. The van der Waals surface area contributed by atoms with Crippen LogP contribution in [-0.2, 0) is 51.5 Å². The van der Waals surface area contributed by atoms with Crippen LogP contribution in [0.3, 0.4) is 0 Å². The average molecular weight is 592 g/mol.